The third kappa shape index (κ3) is 4.52. The minimum Gasteiger partial charge on any atom is -0.478 e. The van der Waals surface area contributed by atoms with Gasteiger partial charge in [0.1, 0.15) is 11.5 Å². The second-order valence-corrected chi connectivity index (χ2v) is 4.77. The highest BCUT2D eigenvalue weighted by atomic mass is 16.4. The number of aromatic nitrogens is 1. The van der Waals surface area contributed by atoms with E-state index in [1.807, 2.05) is 18.2 Å². The van der Waals surface area contributed by atoms with Crippen molar-refractivity contribution in [3.05, 3.63) is 84.6 Å². The first kappa shape index (κ1) is 16.5. The van der Waals surface area contributed by atoms with Crippen LogP contribution in [0.2, 0.25) is 0 Å². The van der Waals surface area contributed by atoms with Crippen molar-refractivity contribution in [2.45, 2.75) is 13.1 Å². The van der Waals surface area contributed by atoms with Crippen LogP contribution in [0.25, 0.3) is 5.57 Å². The molecule has 0 spiro atoms. The van der Waals surface area contributed by atoms with E-state index in [2.05, 4.69) is 23.5 Å². The van der Waals surface area contributed by atoms with Gasteiger partial charge in [-0.25, -0.2) is 4.79 Å². The molecular formula is C18H18N2O3. The molecule has 23 heavy (non-hydrogen) atoms. The molecule has 0 aliphatic rings. The zero-order valence-electron chi connectivity index (χ0n) is 12.7. The van der Waals surface area contributed by atoms with Crippen molar-refractivity contribution in [1.29, 1.82) is 0 Å². The third-order valence-electron chi connectivity index (χ3n) is 3.13. The Kier molecular flexibility index (Phi) is 5.66. The van der Waals surface area contributed by atoms with Gasteiger partial charge in [-0.05, 0) is 24.3 Å². The summed E-state index contributed by atoms with van der Waals surface area (Å²) in [6, 6.07) is 6.76. The van der Waals surface area contributed by atoms with Gasteiger partial charge in [0.15, 0.2) is 0 Å². The summed E-state index contributed by atoms with van der Waals surface area (Å²) in [4.78, 5) is 15.0. The lowest BCUT2D eigenvalue weighted by atomic mass is 10.2. The van der Waals surface area contributed by atoms with E-state index in [4.69, 9.17) is 9.52 Å². The number of hydrogen-bond donors (Lipinski definition) is 2. The number of nitrogens with zero attached hydrogens (tertiary/aromatic N) is 1. The normalized spacial score (nSPS) is 11.2. The molecule has 0 fully saturated rings. The van der Waals surface area contributed by atoms with Crippen LogP contribution in [-0.4, -0.2) is 16.1 Å². The second-order valence-electron chi connectivity index (χ2n) is 4.77. The van der Waals surface area contributed by atoms with E-state index in [9.17, 15) is 4.79 Å². The topological polar surface area (TPSA) is 75.4 Å². The predicted octanol–water partition coefficient (Wildman–Crippen LogP) is 3.42. The van der Waals surface area contributed by atoms with Crippen LogP contribution in [0.4, 0.5) is 0 Å². The Morgan fingerprint density at radius 2 is 2.13 bits per heavy atom. The van der Waals surface area contributed by atoms with Gasteiger partial charge in [-0.15, -0.1) is 0 Å². The lowest BCUT2D eigenvalue weighted by molar-refractivity contribution is 0.0696. The number of pyridine rings is 1. The predicted molar refractivity (Wildman–Crippen MR) is 88.8 cm³/mol. The maximum absolute atomic E-state index is 10.9. The molecule has 2 aromatic heterocycles. The number of nitrogens with one attached hydrogen (secondary N) is 1. The number of aromatic carboxylic acids is 1. The lowest BCUT2D eigenvalue weighted by Crippen LogP contribution is -2.13. The van der Waals surface area contributed by atoms with Crippen LogP contribution in [0.1, 0.15) is 27.6 Å². The monoisotopic (exact) mass is 310 g/mol. The summed E-state index contributed by atoms with van der Waals surface area (Å²) in [7, 11) is 0. The summed E-state index contributed by atoms with van der Waals surface area (Å²) in [5.74, 6) is 0.532. The first-order chi connectivity index (χ1) is 11.1. The molecule has 2 N–H and O–H groups in total. The summed E-state index contributed by atoms with van der Waals surface area (Å²) >= 11 is 0. The minimum absolute atomic E-state index is 0.224. The maximum Gasteiger partial charge on any atom is 0.335 e. The van der Waals surface area contributed by atoms with Crippen LogP contribution in [0.3, 0.4) is 0 Å². The summed E-state index contributed by atoms with van der Waals surface area (Å²) in [5, 5.41) is 12.1. The molecule has 0 aromatic carbocycles. The molecule has 0 radical (unpaired) electrons. The van der Waals surface area contributed by atoms with Crippen LogP contribution < -0.4 is 5.32 Å². The Balaban J connectivity index is 1.94. The van der Waals surface area contributed by atoms with E-state index >= 15 is 0 Å². The molecule has 0 unspecified atom stereocenters. The molecule has 0 amide bonds. The van der Waals surface area contributed by atoms with E-state index in [0.717, 1.165) is 17.1 Å². The molecule has 0 bridgehead atoms. The van der Waals surface area contributed by atoms with Gasteiger partial charge in [0.05, 0.1) is 17.8 Å². The number of furan rings is 1. The van der Waals surface area contributed by atoms with Crippen molar-refractivity contribution >= 4 is 11.5 Å². The summed E-state index contributed by atoms with van der Waals surface area (Å²) in [5.41, 5.74) is 1.75. The van der Waals surface area contributed by atoms with Gasteiger partial charge >= 0.3 is 5.97 Å². The smallest absolute Gasteiger partial charge is 0.335 e. The van der Waals surface area contributed by atoms with Crippen molar-refractivity contribution < 1.29 is 14.3 Å². The van der Waals surface area contributed by atoms with Crippen LogP contribution in [0.5, 0.6) is 0 Å². The highest BCUT2D eigenvalue weighted by molar-refractivity contribution is 5.87. The lowest BCUT2D eigenvalue weighted by Gasteiger charge is -2.03. The van der Waals surface area contributed by atoms with Crippen LogP contribution in [0.15, 0.2) is 66.3 Å². The summed E-state index contributed by atoms with van der Waals surface area (Å²) < 4.78 is 5.72. The van der Waals surface area contributed by atoms with Crippen molar-refractivity contribution in [1.82, 2.24) is 10.3 Å². The number of allylic oxidation sites excluding steroid dienone is 4. The largest absolute Gasteiger partial charge is 0.478 e. The molecule has 5 nitrogen and oxygen atoms in total. The highest BCUT2D eigenvalue weighted by Gasteiger charge is 2.06. The number of rotatable bonds is 8. The van der Waals surface area contributed by atoms with Crippen molar-refractivity contribution in [3.8, 4) is 0 Å². The van der Waals surface area contributed by atoms with E-state index in [-0.39, 0.29) is 5.56 Å². The van der Waals surface area contributed by atoms with Gasteiger partial charge in [0.2, 0.25) is 0 Å². The van der Waals surface area contributed by atoms with E-state index in [0.29, 0.717) is 18.8 Å². The number of hydrogen-bond acceptors (Lipinski definition) is 4. The Hall–Kier alpha value is -2.92. The molecule has 118 valence electrons. The zero-order valence-corrected chi connectivity index (χ0v) is 12.7. The molecule has 0 saturated carbocycles. The minimum atomic E-state index is -0.963. The number of carboxylic acids is 1. The third-order valence-corrected chi connectivity index (χ3v) is 3.13. The van der Waals surface area contributed by atoms with Crippen molar-refractivity contribution in [2.24, 2.45) is 0 Å². The molecule has 0 aliphatic heterocycles. The molecule has 2 aromatic rings. The zero-order chi connectivity index (χ0) is 16.7. The molecule has 2 rings (SSSR count). The van der Waals surface area contributed by atoms with Gasteiger partial charge in [-0.2, -0.15) is 0 Å². The SMILES string of the molecule is C=C/C=C(\C=C)c1ccc(CNCc2cc(C(=O)O)ccn2)o1. The van der Waals surface area contributed by atoms with Crippen LogP contribution >= 0.6 is 0 Å². The quantitative estimate of drug-likeness (QED) is 0.731. The Morgan fingerprint density at radius 3 is 2.83 bits per heavy atom. The van der Waals surface area contributed by atoms with Crippen LogP contribution in [-0.2, 0) is 13.1 Å². The molecule has 0 aliphatic carbocycles. The highest BCUT2D eigenvalue weighted by Crippen LogP contribution is 2.18. The fourth-order valence-electron chi connectivity index (χ4n) is 2.03. The molecule has 0 saturated heterocycles. The molecule has 2 heterocycles. The van der Waals surface area contributed by atoms with Gasteiger partial charge < -0.3 is 14.8 Å². The summed E-state index contributed by atoms with van der Waals surface area (Å²) in [6.07, 6.45) is 6.70. The Bertz CT molecular complexity index is 744. The van der Waals surface area contributed by atoms with E-state index < -0.39 is 5.97 Å². The fraction of sp³-hybridized carbons (Fsp3) is 0.111. The van der Waals surface area contributed by atoms with Gasteiger partial charge in [0.25, 0.3) is 0 Å². The average molecular weight is 310 g/mol. The molecular weight excluding hydrogens is 292 g/mol. The van der Waals surface area contributed by atoms with Crippen molar-refractivity contribution in [3.63, 3.8) is 0 Å². The standard InChI is InChI=1S/C18H18N2O3/c1-3-5-13(4-2)17-7-6-16(23-17)12-19-11-15-10-14(18(21)22)8-9-20-15/h3-10,19H,1-2,11-12H2,(H,21,22)/b13-5+. The van der Waals surface area contributed by atoms with E-state index in [1.54, 1.807) is 18.2 Å². The fourth-order valence-corrected chi connectivity index (χ4v) is 2.03. The Morgan fingerprint density at radius 1 is 1.30 bits per heavy atom. The second kappa shape index (κ2) is 7.91. The van der Waals surface area contributed by atoms with Crippen molar-refractivity contribution in [2.75, 3.05) is 0 Å². The summed E-state index contributed by atoms with van der Waals surface area (Å²) in [6.45, 7) is 8.36. The number of carbonyl (C=O) groups is 1. The average Bonchev–Trinajstić information content (AvgIpc) is 3.01. The maximum atomic E-state index is 10.9. The number of carboxylic acid groups (broad SMARTS) is 1. The first-order valence-electron chi connectivity index (χ1n) is 7.07. The van der Waals surface area contributed by atoms with Gasteiger partial charge in [-0.1, -0.05) is 31.4 Å². The molecule has 0 atom stereocenters. The first-order valence-corrected chi connectivity index (χ1v) is 7.07. The van der Waals surface area contributed by atoms with Gasteiger partial charge in [-0.3, -0.25) is 4.98 Å². The van der Waals surface area contributed by atoms with Crippen LogP contribution in [0, 0.1) is 0 Å². The molecule has 5 heteroatoms. The Labute approximate surface area is 134 Å². The van der Waals surface area contributed by atoms with Gasteiger partial charge in [0, 0.05) is 18.3 Å². The van der Waals surface area contributed by atoms with E-state index in [1.165, 1.54) is 12.3 Å².